The molecule has 1 heterocycles. The van der Waals surface area contributed by atoms with Crippen molar-refractivity contribution < 1.29 is 0 Å². The van der Waals surface area contributed by atoms with E-state index in [0.717, 1.165) is 17.4 Å². The van der Waals surface area contributed by atoms with Crippen LogP contribution in [0.25, 0.3) is 0 Å². The van der Waals surface area contributed by atoms with E-state index < -0.39 is 0 Å². The van der Waals surface area contributed by atoms with Crippen LogP contribution in [0.5, 0.6) is 0 Å². The van der Waals surface area contributed by atoms with Gasteiger partial charge in [-0.15, -0.1) is 0 Å². The zero-order valence-corrected chi connectivity index (χ0v) is 13.1. The fraction of sp³-hybridized carbons (Fsp3) is 0.600. The smallest absolute Gasteiger partial charge is 0.0415 e. The third-order valence-electron chi connectivity index (χ3n) is 3.78. The van der Waals surface area contributed by atoms with Crippen molar-refractivity contribution in [1.82, 2.24) is 0 Å². The number of hydrogen-bond acceptors (Lipinski definition) is 2. The normalized spacial score (nSPS) is 20.2. The molecule has 1 aromatic rings. The van der Waals surface area contributed by atoms with Crippen molar-refractivity contribution in [3.8, 4) is 0 Å². The molecule has 1 aromatic carbocycles. The van der Waals surface area contributed by atoms with Gasteiger partial charge in [-0.25, -0.2) is 0 Å². The average molecular weight is 311 g/mol. The van der Waals surface area contributed by atoms with Gasteiger partial charge in [0.2, 0.25) is 0 Å². The molecule has 0 bridgehead atoms. The van der Waals surface area contributed by atoms with Crippen molar-refractivity contribution in [1.29, 1.82) is 0 Å². The van der Waals surface area contributed by atoms with Gasteiger partial charge in [-0.1, -0.05) is 22.0 Å². The van der Waals surface area contributed by atoms with E-state index in [1.165, 1.54) is 24.1 Å². The van der Waals surface area contributed by atoms with Crippen molar-refractivity contribution in [3.63, 3.8) is 0 Å². The van der Waals surface area contributed by atoms with E-state index in [1.54, 1.807) is 0 Å². The Balaban J connectivity index is 2.38. The molecule has 1 aliphatic heterocycles. The number of nitrogens with zero attached hydrogens (tertiary/aromatic N) is 1. The molecule has 0 saturated carbocycles. The van der Waals surface area contributed by atoms with Gasteiger partial charge < -0.3 is 10.6 Å². The van der Waals surface area contributed by atoms with Crippen LogP contribution in [0.3, 0.4) is 0 Å². The lowest BCUT2D eigenvalue weighted by atomic mass is 9.99. The highest BCUT2D eigenvalue weighted by atomic mass is 79.9. The fourth-order valence-electron chi connectivity index (χ4n) is 2.86. The van der Waals surface area contributed by atoms with Crippen LogP contribution in [0, 0.1) is 0 Å². The molecule has 1 atom stereocenters. The second-order valence-electron chi connectivity index (χ2n) is 6.02. The predicted molar refractivity (Wildman–Crippen MR) is 82.2 cm³/mol. The van der Waals surface area contributed by atoms with E-state index in [1.807, 2.05) is 0 Å². The second kappa shape index (κ2) is 5.22. The monoisotopic (exact) mass is 310 g/mol. The van der Waals surface area contributed by atoms with E-state index in [4.69, 9.17) is 5.73 Å². The van der Waals surface area contributed by atoms with Crippen molar-refractivity contribution in [3.05, 3.63) is 28.2 Å². The minimum absolute atomic E-state index is 0.204. The van der Waals surface area contributed by atoms with Crippen LogP contribution in [0.1, 0.15) is 39.2 Å². The van der Waals surface area contributed by atoms with Gasteiger partial charge >= 0.3 is 0 Å². The molecule has 100 valence electrons. The third-order valence-corrected chi connectivity index (χ3v) is 4.27. The highest BCUT2D eigenvalue weighted by Gasteiger charge is 2.33. The van der Waals surface area contributed by atoms with Gasteiger partial charge in [0.15, 0.2) is 0 Å². The molecule has 1 unspecified atom stereocenters. The molecule has 1 saturated heterocycles. The fourth-order valence-corrected chi connectivity index (χ4v) is 3.21. The van der Waals surface area contributed by atoms with Crippen LogP contribution in [0.2, 0.25) is 0 Å². The van der Waals surface area contributed by atoms with Crippen molar-refractivity contribution in [2.45, 2.75) is 51.6 Å². The minimum atomic E-state index is 0.204. The van der Waals surface area contributed by atoms with Crippen LogP contribution >= 0.6 is 15.9 Å². The molecule has 0 aromatic heterocycles. The second-order valence-corrected chi connectivity index (χ2v) is 6.94. The Kier molecular flexibility index (Phi) is 4.02. The summed E-state index contributed by atoms with van der Waals surface area (Å²) < 4.78 is 1.15. The lowest BCUT2D eigenvalue weighted by molar-refractivity contribution is 0.516. The number of benzene rings is 1. The van der Waals surface area contributed by atoms with E-state index in [0.29, 0.717) is 0 Å². The Hall–Kier alpha value is -0.540. The van der Waals surface area contributed by atoms with Gasteiger partial charge in [-0.3, -0.25) is 0 Å². The standard InChI is InChI=1S/C15H23BrN2/c1-11(17)9-12-5-6-13(16)10-14(12)18-8-4-7-15(18,2)3/h5-6,10-11H,4,7-9,17H2,1-3H3. The number of nitrogens with two attached hydrogens (primary N) is 1. The molecule has 1 aliphatic rings. The molecular formula is C15H23BrN2. The van der Waals surface area contributed by atoms with Gasteiger partial charge in [0.05, 0.1) is 0 Å². The summed E-state index contributed by atoms with van der Waals surface area (Å²) in [6, 6.07) is 6.77. The lowest BCUT2D eigenvalue weighted by Crippen LogP contribution is -2.39. The zero-order chi connectivity index (χ0) is 13.3. The Morgan fingerprint density at radius 3 is 2.72 bits per heavy atom. The topological polar surface area (TPSA) is 29.3 Å². The molecular weight excluding hydrogens is 288 g/mol. The van der Waals surface area contributed by atoms with E-state index in [-0.39, 0.29) is 11.6 Å². The molecule has 0 aliphatic carbocycles. The van der Waals surface area contributed by atoms with E-state index >= 15 is 0 Å². The maximum Gasteiger partial charge on any atom is 0.0415 e. The summed E-state index contributed by atoms with van der Waals surface area (Å²) in [6.45, 7) is 7.88. The quantitative estimate of drug-likeness (QED) is 0.922. The van der Waals surface area contributed by atoms with E-state index in [9.17, 15) is 0 Å². The Labute approximate surface area is 119 Å². The SMILES string of the molecule is CC(N)Cc1ccc(Br)cc1N1CCCC1(C)C. The molecule has 1 fully saturated rings. The van der Waals surface area contributed by atoms with Gasteiger partial charge in [-0.05, 0) is 57.7 Å². The third kappa shape index (κ3) is 2.89. The summed E-state index contributed by atoms with van der Waals surface area (Å²) in [7, 11) is 0. The largest absolute Gasteiger partial charge is 0.366 e. The maximum absolute atomic E-state index is 5.97. The summed E-state index contributed by atoms with van der Waals surface area (Å²) in [4.78, 5) is 2.54. The summed E-state index contributed by atoms with van der Waals surface area (Å²) in [5.74, 6) is 0. The molecule has 0 amide bonds. The van der Waals surface area contributed by atoms with Crippen LogP contribution in [0.15, 0.2) is 22.7 Å². The average Bonchev–Trinajstić information content (AvgIpc) is 2.60. The molecule has 0 radical (unpaired) electrons. The van der Waals surface area contributed by atoms with Crippen LogP contribution < -0.4 is 10.6 Å². The first-order valence-corrected chi connectivity index (χ1v) is 7.51. The molecule has 2 nitrogen and oxygen atoms in total. The van der Waals surface area contributed by atoms with Crippen LogP contribution in [-0.2, 0) is 6.42 Å². The summed E-state index contributed by atoms with van der Waals surface area (Å²) >= 11 is 3.59. The van der Waals surface area contributed by atoms with Gasteiger partial charge in [0.25, 0.3) is 0 Å². The first kappa shape index (κ1) is 13.9. The van der Waals surface area contributed by atoms with Crippen molar-refractivity contribution in [2.24, 2.45) is 5.73 Å². The highest BCUT2D eigenvalue weighted by Crippen LogP contribution is 2.37. The predicted octanol–water partition coefficient (Wildman–Crippen LogP) is 3.72. The van der Waals surface area contributed by atoms with Gasteiger partial charge in [-0.2, -0.15) is 0 Å². The maximum atomic E-state index is 5.97. The van der Waals surface area contributed by atoms with Gasteiger partial charge in [0, 0.05) is 28.3 Å². The summed E-state index contributed by atoms with van der Waals surface area (Å²) in [6.07, 6.45) is 3.48. The van der Waals surface area contributed by atoms with Crippen LogP contribution in [-0.4, -0.2) is 18.1 Å². The summed E-state index contributed by atoms with van der Waals surface area (Å²) in [5, 5.41) is 0. The Bertz CT molecular complexity index is 427. The number of halogens is 1. The van der Waals surface area contributed by atoms with Crippen molar-refractivity contribution in [2.75, 3.05) is 11.4 Å². The molecule has 2 N–H and O–H groups in total. The van der Waals surface area contributed by atoms with Gasteiger partial charge in [0.1, 0.15) is 0 Å². The first-order chi connectivity index (χ1) is 8.40. The lowest BCUT2D eigenvalue weighted by Gasteiger charge is -2.35. The minimum Gasteiger partial charge on any atom is -0.366 e. The number of hydrogen-bond donors (Lipinski definition) is 1. The summed E-state index contributed by atoms with van der Waals surface area (Å²) in [5.41, 5.74) is 8.94. The van der Waals surface area contributed by atoms with Crippen LogP contribution in [0.4, 0.5) is 5.69 Å². The molecule has 18 heavy (non-hydrogen) atoms. The zero-order valence-electron chi connectivity index (χ0n) is 11.5. The molecule has 3 heteroatoms. The number of anilines is 1. The first-order valence-electron chi connectivity index (χ1n) is 6.72. The Morgan fingerprint density at radius 2 is 2.17 bits per heavy atom. The molecule has 0 spiro atoms. The highest BCUT2D eigenvalue weighted by molar-refractivity contribution is 9.10. The number of rotatable bonds is 3. The molecule has 2 rings (SSSR count). The van der Waals surface area contributed by atoms with E-state index in [2.05, 4.69) is 59.8 Å². The Morgan fingerprint density at radius 1 is 1.44 bits per heavy atom. The van der Waals surface area contributed by atoms with Crippen molar-refractivity contribution >= 4 is 21.6 Å².